The molecule has 5 aromatic rings. The summed E-state index contributed by atoms with van der Waals surface area (Å²) in [6, 6.07) is 27.8. The maximum atomic E-state index is 13.4. The summed E-state index contributed by atoms with van der Waals surface area (Å²) < 4.78 is 3.88. The molecule has 0 spiro atoms. The number of benzene rings is 3. The Morgan fingerprint density at radius 3 is 2.30 bits per heavy atom. The van der Waals surface area contributed by atoms with Crippen LogP contribution in [0.1, 0.15) is 21.9 Å². The van der Waals surface area contributed by atoms with Gasteiger partial charge in [-0.2, -0.15) is 0 Å². The lowest BCUT2D eigenvalue weighted by atomic mass is 9.83. The number of nitrogens with one attached hydrogen (secondary N) is 1. The summed E-state index contributed by atoms with van der Waals surface area (Å²) in [5.74, 6) is -1.55. The number of amides is 2. The Morgan fingerprint density at radius 1 is 0.811 bits per heavy atom. The van der Waals surface area contributed by atoms with E-state index in [1.165, 1.54) is 28.7 Å². The predicted molar refractivity (Wildman–Crippen MR) is 146 cm³/mol. The van der Waals surface area contributed by atoms with Crippen LogP contribution in [-0.2, 0) is 16.1 Å². The lowest BCUT2D eigenvalue weighted by Gasteiger charge is -2.30. The van der Waals surface area contributed by atoms with Crippen molar-refractivity contribution < 1.29 is 9.59 Å². The Kier molecular flexibility index (Phi) is 5.19. The highest BCUT2D eigenvalue weighted by atomic mass is 32.2. The lowest BCUT2D eigenvalue weighted by molar-refractivity contribution is -0.125. The van der Waals surface area contributed by atoms with Gasteiger partial charge in [-0.3, -0.25) is 24.3 Å². The van der Waals surface area contributed by atoms with Gasteiger partial charge < -0.3 is 4.57 Å². The second kappa shape index (κ2) is 8.61. The monoisotopic (exact) mass is 523 g/mol. The summed E-state index contributed by atoms with van der Waals surface area (Å²) in [4.78, 5) is 40.2. The smallest absolute Gasteiger partial charge is 0.312 e. The summed E-state index contributed by atoms with van der Waals surface area (Å²) >= 11 is 2.50. The Balaban J connectivity index is 1.46. The highest BCUT2D eigenvalue weighted by Crippen LogP contribution is 2.53. The Labute approximate surface area is 220 Å². The van der Waals surface area contributed by atoms with Gasteiger partial charge >= 0.3 is 4.87 Å². The zero-order chi connectivity index (χ0) is 25.1. The van der Waals surface area contributed by atoms with Gasteiger partial charge in [0.1, 0.15) is 5.25 Å². The molecule has 0 saturated carbocycles. The SMILES string of the molecule is O=C1NC(=O)[C@@H]2Sc3c(sc(=O)n3-c3ccccc3)[C@H](c3cn(Cc4ccccc4)c4ccccc34)[C@@H]12. The first-order chi connectivity index (χ1) is 18.1. The van der Waals surface area contributed by atoms with Gasteiger partial charge in [0.25, 0.3) is 0 Å². The Bertz CT molecular complexity index is 1740. The van der Waals surface area contributed by atoms with Gasteiger partial charge in [0.05, 0.1) is 16.6 Å². The minimum atomic E-state index is -0.592. The number of thiazole rings is 1. The average Bonchev–Trinajstić information content (AvgIpc) is 3.54. The molecule has 8 heteroatoms. The highest BCUT2D eigenvalue weighted by Gasteiger charge is 2.53. The van der Waals surface area contributed by atoms with Gasteiger partial charge in [-0.25, -0.2) is 0 Å². The van der Waals surface area contributed by atoms with Gasteiger partial charge in [0.2, 0.25) is 11.8 Å². The number of nitrogens with zero attached hydrogens (tertiary/aromatic N) is 2. The number of hydrogen-bond donors (Lipinski definition) is 1. The fourth-order valence-electron chi connectivity index (χ4n) is 5.56. The van der Waals surface area contributed by atoms with Gasteiger partial charge in [-0.15, -0.1) is 0 Å². The van der Waals surface area contributed by atoms with E-state index in [-0.39, 0.29) is 16.7 Å². The molecule has 2 amide bonds. The summed E-state index contributed by atoms with van der Waals surface area (Å²) in [5.41, 5.74) is 3.94. The summed E-state index contributed by atoms with van der Waals surface area (Å²) in [6.07, 6.45) is 2.10. The summed E-state index contributed by atoms with van der Waals surface area (Å²) in [5, 5.41) is 3.75. The lowest BCUT2D eigenvalue weighted by Crippen LogP contribution is -2.31. The fraction of sp³-hybridized carbons (Fsp3) is 0.138. The van der Waals surface area contributed by atoms with Crippen molar-refractivity contribution in [1.82, 2.24) is 14.5 Å². The van der Waals surface area contributed by atoms with Crippen molar-refractivity contribution in [3.8, 4) is 5.69 Å². The number of imide groups is 1. The molecule has 7 rings (SSSR count). The number of thioether (sulfide) groups is 1. The van der Waals surface area contributed by atoms with E-state index in [1.807, 2.05) is 60.7 Å². The molecule has 0 radical (unpaired) electrons. The molecule has 2 aromatic heterocycles. The first-order valence-electron chi connectivity index (χ1n) is 12.0. The van der Waals surface area contributed by atoms with Crippen LogP contribution in [0.5, 0.6) is 0 Å². The number of carbonyl (C=O) groups excluding carboxylic acids is 2. The zero-order valence-corrected chi connectivity index (χ0v) is 21.2. The van der Waals surface area contributed by atoms with E-state index < -0.39 is 17.1 Å². The quantitative estimate of drug-likeness (QED) is 0.344. The van der Waals surface area contributed by atoms with Crippen molar-refractivity contribution in [2.24, 2.45) is 5.92 Å². The zero-order valence-electron chi connectivity index (χ0n) is 19.5. The maximum Gasteiger partial charge on any atom is 0.312 e. The molecule has 3 aromatic carbocycles. The van der Waals surface area contributed by atoms with Crippen molar-refractivity contribution in [2.75, 3.05) is 0 Å². The molecule has 0 bridgehead atoms. The van der Waals surface area contributed by atoms with E-state index in [0.717, 1.165) is 32.1 Å². The van der Waals surface area contributed by atoms with Crippen LogP contribution in [-0.4, -0.2) is 26.2 Å². The largest absolute Gasteiger partial charge is 0.343 e. The van der Waals surface area contributed by atoms with Crippen LogP contribution in [0.4, 0.5) is 0 Å². The number of hydrogen-bond acceptors (Lipinski definition) is 5. The topological polar surface area (TPSA) is 73.1 Å². The van der Waals surface area contributed by atoms with Crippen molar-refractivity contribution in [3.05, 3.63) is 117 Å². The van der Waals surface area contributed by atoms with Crippen LogP contribution in [0, 0.1) is 5.92 Å². The van der Waals surface area contributed by atoms with E-state index in [0.29, 0.717) is 6.54 Å². The van der Waals surface area contributed by atoms with E-state index >= 15 is 0 Å². The van der Waals surface area contributed by atoms with Crippen LogP contribution in [0.25, 0.3) is 16.6 Å². The van der Waals surface area contributed by atoms with E-state index in [1.54, 1.807) is 4.57 Å². The predicted octanol–water partition coefficient (Wildman–Crippen LogP) is 4.78. The van der Waals surface area contributed by atoms with Crippen LogP contribution in [0.2, 0.25) is 0 Å². The molecule has 2 aliphatic rings. The van der Waals surface area contributed by atoms with Crippen molar-refractivity contribution >= 4 is 45.8 Å². The third-order valence-electron chi connectivity index (χ3n) is 7.17. The highest BCUT2D eigenvalue weighted by molar-refractivity contribution is 8.00. The molecular weight excluding hydrogens is 502 g/mol. The molecule has 37 heavy (non-hydrogen) atoms. The maximum absolute atomic E-state index is 13.4. The number of rotatable bonds is 4. The standard InChI is InChI=1S/C29H21N3O3S2/c33-26-23-22(20-16-31(15-17-9-3-1-4-10-17)21-14-8-7-13-19(20)21)25-28(36-24(23)27(34)30-26)32(29(35)37-25)18-11-5-2-6-12-18/h1-14,16,22-24H,15H2,(H,30,33,34)/t22-,23-,24-/m1/s1. The van der Waals surface area contributed by atoms with E-state index in [2.05, 4.69) is 40.3 Å². The molecule has 3 atom stereocenters. The van der Waals surface area contributed by atoms with Gasteiger partial charge in [-0.1, -0.05) is 89.8 Å². The summed E-state index contributed by atoms with van der Waals surface area (Å²) in [7, 11) is 0. The number of carbonyl (C=O) groups is 2. The van der Waals surface area contributed by atoms with Crippen LogP contribution in [0.15, 0.2) is 101 Å². The first kappa shape index (κ1) is 22.3. The normalized spacial score (nSPS) is 20.6. The molecule has 2 aliphatic heterocycles. The number of para-hydroxylation sites is 2. The third kappa shape index (κ3) is 3.51. The molecular formula is C29H21N3O3S2. The van der Waals surface area contributed by atoms with Gasteiger partial charge in [0.15, 0.2) is 0 Å². The second-order valence-corrected chi connectivity index (χ2v) is 11.4. The molecule has 0 aliphatic carbocycles. The van der Waals surface area contributed by atoms with Crippen molar-refractivity contribution in [3.63, 3.8) is 0 Å². The van der Waals surface area contributed by atoms with Gasteiger partial charge in [0, 0.05) is 34.4 Å². The average molecular weight is 524 g/mol. The second-order valence-electron chi connectivity index (χ2n) is 9.32. The van der Waals surface area contributed by atoms with E-state index in [4.69, 9.17) is 0 Å². The molecule has 6 nitrogen and oxygen atoms in total. The molecule has 1 fully saturated rings. The fourth-order valence-corrected chi connectivity index (χ4v) is 8.32. The van der Waals surface area contributed by atoms with E-state index in [9.17, 15) is 14.4 Å². The molecule has 1 N–H and O–H groups in total. The van der Waals surface area contributed by atoms with Crippen LogP contribution < -0.4 is 10.2 Å². The Morgan fingerprint density at radius 2 is 1.51 bits per heavy atom. The molecule has 0 unspecified atom stereocenters. The van der Waals surface area contributed by atoms with Crippen LogP contribution >= 0.6 is 23.1 Å². The number of aromatic nitrogens is 2. The number of fused-ring (bicyclic) bond motifs is 3. The van der Waals surface area contributed by atoms with Crippen molar-refractivity contribution in [2.45, 2.75) is 22.7 Å². The first-order valence-corrected chi connectivity index (χ1v) is 13.7. The van der Waals surface area contributed by atoms with Crippen LogP contribution in [0.3, 0.4) is 0 Å². The molecule has 4 heterocycles. The summed E-state index contributed by atoms with van der Waals surface area (Å²) in [6.45, 7) is 0.677. The minimum absolute atomic E-state index is 0.116. The van der Waals surface area contributed by atoms with Crippen molar-refractivity contribution in [1.29, 1.82) is 0 Å². The Hall–Kier alpha value is -3.88. The third-order valence-corrected chi connectivity index (χ3v) is 9.71. The van der Waals surface area contributed by atoms with Gasteiger partial charge in [-0.05, 0) is 29.3 Å². The molecule has 182 valence electrons. The minimum Gasteiger partial charge on any atom is -0.343 e. The molecule has 1 saturated heterocycles.